The van der Waals surface area contributed by atoms with Gasteiger partial charge in [-0.25, -0.2) is 0 Å². The summed E-state index contributed by atoms with van der Waals surface area (Å²) in [5, 5.41) is 9.48. The quantitative estimate of drug-likeness (QED) is 0.752. The highest BCUT2D eigenvalue weighted by molar-refractivity contribution is 4.82. The van der Waals surface area contributed by atoms with Crippen LogP contribution in [0.1, 0.15) is 38.5 Å². The van der Waals surface area contributed by atoms with Crippen molar-refractivity contribution < 1.29 is 9.84 Å². The average Bonchev–Trinajstić information content (AvgIpc) is 2.30. The minimum absolute atomic E-state index is 0.0376. The van der Waals surface area contributed by atoms with E-state index in [-0.39, 0.29) is 6.10 Å². The van der Waals surface area contributed by atoms with E-state index in [9.17, 15) is 5.11 Å². The van der Waals surface area contributed by atoms with Gasteiger partial charge >= 0.3 is 0 Å². The van der Waals surface area contributed by atoms with E-state index in [1.165, 1.54) is 12.8 Å². The fraction of sp³-hybridized carbons (Fsp3) is 1.00. The van der Waals surface area contributed by atoms with Gasteiger partial charge in [0.25, 0.3) is 0 Å². The Morgan fingerprint density at radius 3 is 2.07 bits per heavy atom. The molecular formula is C12H23NO2. The lowest BCUT2D eigenvalue weighted by Gasteiger charge is -2.39. The molecule has 0 radical (unpaired) electrons. The summed E-state index contributed by atoms with van der Waals surface area (Å²) in [6.07, 6.45) is 6.61. The summed E-state index contributed by atoms with van der Waals surface area (Å²) in [7, 11) is 2.25. The number of rotatable bonds is 2. The van der Waals surface area contributed by atoms with Crippen molar-refractivity contribution in [2.75, 3.05) is 20.3 Å². The van der Waals surface area contributed by atoms with Crippen molar-refractivity contribution in [1.29, 1.82) is 0 Å². The molecule has 15 heavy (non-hydrogen) atoms. The summed E-state index contributed by atoms with van der Waals surface area (Å²) in [4.78, 5) is 2.54. The molecule has 1 N–H and O–H groups in total. The zero-order valence-electron chi connectivity index (χ0n) is 9.69. The monoisotopic (exact) mass is 213 g/mol. The molecule has 1 saturated carbocycles. The minimum Gasteiger partial charge on any atom is -0.393 e. The molecule has 0 spiro atoms. The zero-order valence-corrected chi connectivity index (χ0v) is 9.69. The topological polar surface area (TPSA) is 32.7 Å². The Kier molecular flexibility index (Phi) is 4.00. The van der Waals surface area contributed by atoms with Crippen LogP contribution in [0.3, 0.4) is 0 Å². The second-order valence-electron chi connectivity index (χ2n) is 4.97. The van der Waals surface area contributed by atoms with Gasteiger partial charge in [-0.2, -0.15) is 0 Å². The van der Waals surface area contributed by atoms with Crippen LogP contribution in [0.25, 0.3) is 0 Å². The molecule has 88 valence electrons. The van der Waals surface area contributed by atoms with Crippen LogP contribution >= 0.6 is 0 Å². The SMILES string of the molecule is CN(C1CCOCC1)C1CCC(O)CC1. The van der Waals surface area contributed by atoms with E-state index < -0.39 is 0 Å². The number of hydrogen-bond donors (Lipinski definition) is 1. The Bertz CT molecular complexity index is 184. The summed E-state index contributed by atoms with van der Waals surface area (Å²) in [6, 6.07) is 1.40. The first kappa shape index (κ1) is 11.4. The molecule has 0 unspecified atom stereocenters. The zero-order chi connectivity index (χ0) is 10.7. The molecule has 1 aliphatic carbocycles. The molecule has 3 heteroatoms. The van der Waals surface area contributed by atoms with Crippen molar-refractivity contribution in [1.82, 2.24) is 4.90 Å². The van der Waals surface area contributed by atoms with Crippen LogP contribution < -0.4 is 0 Å². The van der Waals surface area contributed by atoms with Crippen LogP contribution in [0.4, 0.5) is 0 Å². The van der Waals surface area contributed by atoms with Gasteiger partial charge in [0.05, 0.1) is 6.10 Å². The highest BCUT2D eigenvalue weighted by Crippen LogP contribution is 2.26. The first-order valence-corrected chi connectivity index (χ1v) is 6.25. The van der Waals surface area contributed by atoms with Crippen molar-refractivity contribution in [3.8, 4) is 0 Å². The second kappa shape index (κ2) is 5.28. The van der Waals surface area contributed by atoms with Gasteiger partial charge in [0, 0.05) is 25.3 Å². The molecule has 0 aromatic rings. The largest absolute Gasteiger partial charge is 0.393 e. The summed E-state index contributed by atoms with van der Waals surface area (Å²) in [6.45, 7) is 1.84. The van der Waals surface area contributed by atoms with Gasteiger partial charge in [-0.15, -0.1) is 0 Å². The Morgan fingerprint density at radius 2 is 1.47 bits per heavy atom. The molecule has 2 fully saturated rings. The molecule has 2 aliphatic rings. The van der Waals surface area contributed by atoms with E-state index >= 15 is 0 Å². The number of hydrogen-bond acceptors (Lipinski definition) is 3. The molecule has 2 rings (SSSR count). The van der Waals surface area contributed by atoms with E-state index in [1.807, 2.05) is 0 Å². The van der Waals surface area contributed by atoms with Crippen LogP contribution in [0.15, 0.2) is 0 Å². The summed E-state index contributed by atoms with van der Waals surface area (Å²) < 4.78 is 5.39. The van der Waals surface area contributed by atoms with Crippen LogP contribution in [-0.4, -0.2) is 48.5 Å². The fourth-order valence-electron chi connectivity index (χ4n) is 2.86. The molecule has 0 aromatic heterocycles. The Morgan fingerprint density at radius 1 is 0.933 bits per heavy atom. The number of aliphatic hydroxyl groups is 1. The standard InChI is InChI=1S/C12H23NO2/c1-13(11-6-8-15-9-7-11)10-2-4-12(14)5-3-10/h10-12,14H,2-9H2,1H3. The normalized spacial score (nSPS) is 34.6. The van der Waals surface area contributed by atoms with Gasteiger partial charge < -0.3 is 14.7 Å². The third kappa shape index (κ3) is 2.92. The highest BCUT2D eigenvalue weighted by atomic mass is 16.5. The van der Waals surface area contributed by atoms with E-state index in [2.05, 4.69) is 11.9 Å². The predicted molar refractivity (Wildman–Crippen MR) is 59.9 cm³/mol. The maximum absolute atomic E-state index is 9.48. The van der Waals surface area contributed by atoms with Crippen LogP contribution in [-0.2, 0) is 4.74 Å². The van der Waals surface area contributed by atoms with Crippen molar-refractivity contribution in [2.45, 2.75) is 56.7 Å². The van der Waals surface area contributed by atoms with Crippen LogP contribution in [0.2, 0.25) is 0 Å². The molecule has 0 aromatic carbocycles. The van der Waals surface area contributed by atoms with Gasteiger partial charge in [-0.1, -0.05) is 0 Å². The summed E-state index contributed by atoms with van der Waals surface area (Å²) >= 11 is 0. The third-order valence-corrected chi connectivity index (χ3v) is 4.01. The van der Waals surface area contributed by atoms with Gasteiger partial charge in [0.1, 0.15) is 0 Å². The molecule has 1 aliphatic heterocycles. The molecule has 3 nitrogen and oxygen atoms in total. The number of ether oxygens (including phenoxy) is 1. The molecule has 1 saturated heterocycles. The van der Waals surface area contributed by atoms with Gasteiger partial charge in [0.15, 0.2) is 0 Å². The Hall–Kier alpha value is -0.120. The first-order chi connectivity index (χ1) is 7.27. The second-order valence-corrected chi connectivity index (χ2v) is 4.97. The van der Waals surface area contributed by atoms with Crippen molar-refractivity contribution in [3.05, 3.63) is 0 Å². The van der Waals surface area contributed by atoms with Gasteiger partial charge in [-0.05, 0) is 45.6 Å². The van der Waals surface area contributed by atoms with Crippen molar-refractivity contribution >= 4 is 0 Å². The van der Waals surface area contributed by atoms with Crippen molar-refractivity contribution in [3.63, 3.8) is 0 Å². The smallest absolute Gasteiger partial charge is 0.0541 e. The molecule has 0 amide bonds. The lowest BCUT2D eigenvalue weighted by atomic mass is 9.90. The fourth-order valence-corrected chi connectivity index (χ4v) is 2.86. The summed E-state index contributed by atoms with van der Waals surface area (Å²) in [5.41, 5.74) is 0. The highest BCUT2D eigenvalue weighted by Gasteiger charge is 2.27. The van der Waals surface area contributed by atoms with Crippen molar-refractivity contribution in [2.24, 2.45) is 0 Å². The maximum Gasteiger partial charge on any atom is 0.0541 e. The predicted octanol–water partition coefficient (Wildman–Crippen LogP) is 1.40. The van der Waals surface area contributed by atoms with Crippen LogP contribution in [0.5, 0.6) is 0 Å². The van der Waals surface area contributed by atoms with E-state index in [4.69, 9.17) is 4.74 Å². The van der Waals surface area contributed by atoms with Gasteiger partial charge in [0.2, 0.25) is 0 Å². The van der Waals surface area contributed by atoms with Crippen LogP contribution in [0, 0.1) is 0 Å². The van der Waals surface area contributed by atoms with E-state index in [0.717, 1.165) is 38.9 Å². The molecule has 0 bridgehead atoms. The average molecular weight is 213 g/mol. The molecule has 1 heterocycles. The van der Waals surface area contributed by atoms with E-state index in [1.54, 1.807) is 0 Å². The molecule has 0 atom stereocenters. The number of aliphatic hydroxyl groups excluding tert-OH is 1. The Labute approximate surface area is 92.4 Å². The first-order valence-electron chi connectivity index (χ1n) is 6.25. The van der Waals surface area contributed by atoms with Gasteiger partial charge in [-0.3, -0.25) is 0 Å². The number of nitrogens with zero attached hydrogens (tertiary/aromatic N) is 1. The minimum atomic E-state index is -0.0376. The Balaban J connectivity index is 1.81. The lowest BCUT2D eigenvalue weighted by molar-refractivity contribution is 0.0101. The van der Waals surface area contributed by atoms with E-state index in [0.29, 0.717) is 12.1 Å². The third-order valence-electron chi connectivity index (χ3n) is 4.01. The summed E-state index contributed by atoms with van der Waals surface area (Å²) in [5.74, 6) is 0. The lowest BCUT2D eigenvalue weighted by Crippen LogP contribution is -2.45. The maximum atomic E-state index is 9.48. The molecular weight excluding hydrogens is 190 g/mol.